The van der Waals surface area contributed by atoms with Gasteiger partial charge < -0.3 is 20.7 Å². The standard InChI is InChI=1S/C23H24N4O3/c1-16(19-4-3-5-21(14-19)30-2)26-23(29)25-15-17-6-8-20(9-7-17)27-22(28)18-10-12-24-13-11-18/h3-14,16H,15H2,1-2H3,(H,27,28)(H2,25,26,29). The van der Waals surface area contributed by atoms with Crippen LogP contribution in [0.25, 0.3) is 0 Å². The van der Waals surface area contributed by atoms with Gasteiger partial charge in [0.25, 0.3) is 5.91 Å². The third-order valence-electron chi connectivity index (χ3n) is 4.55. The quantitative estimate of drug-likeness (QED) is 0.557. The van der Waals surface area contributed by atoms with Crippen LogP contribution in [0, 0.1) is 0 Å². The molecule has 0 fully saturated rings. The summed E-state index contributed by atoms with van der Waals surface area (Å²) >= 11 is 0. The van der Waals surface area contributed by atoms with E-state index in [2.05, 4.69) is 20.9 Å². The predicted molar refractivity (Wildman–Crippen MR) is 115 cm³/mol. The largest absolute Gasteiger partial charge is 0.497 e. The fourth-order valence-corrected chi connectivity index (χ4v) is 2.84. The molecule has 0 aliphatic rings. The number of pyridine rings is 1. The van der Waals surface area contributed by atoms with Crippen LogP contribution in [0.2, 0.25) is 0 Å². The Kier molecular flexibility index (Phi) is 7.00. The number of nitrogens with zero attached hydrogens (tertiary/aromatic N) is 1. The summed E-state index contributed by atoms with van der Waals surface area (Å²) in [5.41, 5.74) is 3.09. The molecule has 1 unspecified atom stereocenters. The normalized spacial score (nSPS) is 11.3. The average molecular weight is 404 g/mol. The first-order valence-corrected chi connectivity index (χ1v) is 9.54. The van der Waals surface area contributed by atoms with Crippen LogP contribution >= 0.6 is 0 Å². The van der Waals surface area contributed by atoms with Crippen molar-refractivity contribution in [1.82, 2.24) is 15.6 Å². The van der Waals surface area contributed by atoms with Gasteiger partial charge in [0.1, 0.15) is 5.75 Å². The van der Waals surface area contributed by atoms with Crippen LogP contribution in [-0.2, 0) is 6.54 Å². The van der Waals surface area contributed by atoms with E-state index in [-0.39, 0.29) is 18.0 Å². The van der Waals surface area contributed by atoms with E-state index < -0.39 is 0 Å². The van der Waals surface area contributed by atoms with Crippen LogP contribution in [0.5, 0.6) is 5.75 Å². The highest BCUT2D eigenvalue weighted by Gasteiger charge is 2.10. The minimum atomic E-state index is -0.264. The average Bonchev–Trinajstić information content (AvgIpc) is 2.79. The number of carbonyl (C=O) groups is 2. The number of carbonyl (C=O) groups excluding carboxylic acids is 2. The number of benzene rings is 2. The zero-order valence-electron chi connectivity index (χ0n) is 16.9. The van der Waals surface area contributed by atoms with Crippen molar-refractivity contribution < 1.29 is 14.3 Å². The van der Waals surface area contributed by atoms with Crippen molar-refractivity contribution in [3.8, 4) is 5.75 Å². The number of ether oxygens (including phenoxy) is 1. The van der Waals surface area contributed by atoms with Gasteiger partial charge in [0, 0.05) is 30.2 Å². The van der Waals surface area contributed by atoms with E-state index in [0.717, 1.165) is 16.9 Å². The number of urea groups is 1. The van der Waals surface area contributed by atoms with Crippen molar-refractivity contribution in [2.24, 2.45) is 0 Å². The van der Waals surface area contributed by atoms with E-state index in [1.165, 1.54) is 0 Å². The van der Waals surface area contributed by atoms with E-state index in [9.17, 15) is 9.59 Å². The topological polar surface area (TPSA) is 92.4 Å². The van der Waals surface area contributed by atoms with Gasteiger partial charge in [0.2, 0.25) is 0 Å². The zero-order chi connectivity index (χ0) is 21.3. The molecule has 3 amide bonds. The van der Waals surface area contributed by atoms with Crippen LogP contribution in [0.15, 0.2) is 73.1 Å². The number of aromatic nitrogens is 1. The van der Waals surface area contributed by atoms with Gasteiger partial charge in [-0.3, -0.25) is 9.78 Å². The molecule has 30 heavy (non-hydrogen) atoms. The summed E-state index contributed by atoms with van der Waals surface area (Å²) in [5.74, 6) is 0.548. The SMILES string of the molecule is COc1cccc(C(C)NC(=O)NCc2ccc(NC(=O)c3ccncc3)cc2)c1. The molecule has 0 aliphatic heterocycles. The number of nitrogens with one attached hydrogen (secondary N) is 3. The van der Waals surface area contributed by atoms with E-state index in [1.54, 1.807) is 43.8 Å². The van der Waals surface area contributed by atoms with E-state index in [1.807, 2.05) is 43.3 Å². The van der Waals surface area contributed by atoms with Gasteiger partial charge in [-0.25, -0.2) is 4.79 Å². The number of anilines is 1. The molecule has 0 radical (unpaired) electrons. The van der Waals surface area contributed by atoms with Gasteiger partial charge in [0.15, 0.2) is 0 Å². The first-order chi connectivity index (χ1) is 14.5. The van der Waals surface area contributed by atoms with Crippen LogP contribution in [0.3, 0.4) is 0 Å². The van der Waals surface area contributed by atoms with Crippen LogP contribution in [0.1, 0.15) is 34.5 Å². The molecule has 0 saturated heterocycles. The molecule has 1 atom stereocenters. The smallest absolute Gasteiger partial charge is 0.315 e. The predicted octanol–water partition coefficient (Wildman–Crippen LogP) is 3.90. The van der Waals surface area contributed by atoms with Gasteiger partial charge in [-0.2, -0.15) is 0 Å². The summed E-state index contributed by atoms with van der Waals surface area (Å²) in [5, 5.41) is 8.57. The summed E-state index contributed by atoms with van der Waals surface area (Å²) in [6.07, 6.45) is 3.15. The van der Waals surface area contributed by atoms with Crippen LogP contribution < -0.4 is 20.7 Å². The van der Waals surface area contributed by atoms with E-state index >= 15 is 0 Å². The molecular formula is C23H24N4O3. The fraction of sp³-hybridized carbons (Fsp3) is 0.174. The second-order valence-electron chi connectivity index (χ2n) is 6.71. The molecule has 0 spiro atoms. The van der Waals surface area contributed by atoms with Crippen molar-refractivity contribution in [3.05, 3.63) is 89.7 Å². The molecule has 1 heterocycles. The number of rotatable bonds is 7. The van der Waals surface area contributed by atoms with Gasteiger partial charge in [-0.15, -0.1) is 0 Å². The molecule has 3 rings (SSSR count). The number of hydrogen-bond acceptors (Lipinski definition) is 4. The Morgan fingerprint density at radius 1 is 1.03 bits per heavy atom. The lowest BCUT2D eigenvalue weighted by molar-refractivity contribution is 0.102. The lowest BCUT2D eigenvalue weighted by atomic mass is 10.1. The Labute approximate surface area is 175 Å². The van der Waals surface area contributed by atoms with Crippen molar-refractivity contribution in [3.63, 3.8) is 0 Å². The van der Waals surface area contributed by atoms with Crippen molar-refractivity contribution in [2.45, 2.75) is 19.5 Å². The molecule has 154 valence electrons. The molecule has 0 bridgehead atoms. The Morgan fingerprint density at radius 2 is 1.77 bits per heavy atom. The molecule has 7 nitrogen and oxygen atoms in total. The highest BCUT2D eigenvalue weighted by Crippen LogP contribution is 2.18. The fourth-order valence-electron chi connectivity index (χ4n) is 2.84. The number of methoxy groups -OCH3 is 1. The van der Waals surface area contributed by atoms with Gasteiger partial charge >= 0.3 is 6.03 Å². The maximum atomic E-state index is 12.2. The van der Waals surface area contributed by atoms with Crippen LogP contribution in [0.4, 0.5) is 10.5 Å². The van der Waals surface area contributed by atoms with Crippen molar-refractivity contribution in [2.75, 3.05) is 12.4 Å². The summed E-state index contributed by atoms with van der Waals surface area (Å²) in [4.78, 5) is 28.3. The summed E-state index contributed by atoms with van der Waals surface area (Å²) < 4.78 is 5.22. The number of hydrogen-bond donors (Lipinski definition) is 3. The van der Waals surface area contributed by atoms with Crippen molar-refractivity contribution in [1.29, 1.82) is 0 Å². The summed E-state index contributed by atoms with van der Waals surface area (Å²) in [6, 6.07) is 17.8. The van der Waals surface area contributed by atoms with E-state index in [4.69, 9.17) is 4.74 Å². The molecule has 0 saturated carbocycles. The highest BCUT2D eigenvalue weighted by atomic mass is 16.5. The Morgan fingerprint density at radius 3 is 2.47 bits per heavy atom. The van der Waals surface area contributed by atoms with Crippen LogP contribution in [-0.4, -0.2) is 24.0 Å². The Hall–Kier alpha value is -3.87. The maximum Gasteiger partial charge on any atom is 0.315 e. The molecule has 7 heteroatoms. The molecular weight excluding hydrogens is 380 g/mol. The molecule has 3 aromatic rings. The molecule has 1 aromatic heterocycles. The Balaban J connectivity index is 1.48. The second-order valence-corrected chi connectivity index (χ2v) is 6.71. The third-order valence-corrected chi connectivity index (χ3v) is 4.55. The number of amides is 3. The second kappa shape index (κ2) is 10.1. The van der Waals surface area contributed by atoms with Gasteiger partial charge in [0.05, 0.1) is 13.2 Å². The third kappa shape index (κ3) is 5.81. The lowest BCUT2D eigenvalue weighted by Gasteiger charge is -2.16. The summed E-state index contributed by atoms with van der Waals surface area (Å²) in [7, 11) is 1.61. The molecule has 3 N–H and O–H groups in total. The van der Waals surface area contributed by atoms with Gasteiger partial charge in [-0.05, 0) is 54.4 Å². The first-order valence-electron chi connectivity index (χ1n) is 9.54. The highest BCUT2D eigenvalue weighted by molar-refractivity contribution is 6.04. The lowest BCUT2D eigenvalue weighted by Crippen LogP contribution is -2.36. The summed E-state index contributed by atoms with van der Waals surface area (Å²) in [6.45, 7) is 2.28. The van der Waals surface area contributed by atoms with Gasteiger partial charge in [-0.1, -0.05) is 24.3 Å². The molecule has 2 aromatic carbocycles. The zero-order valence-corrected chi connectivity index (χ0v) is 16.9. The maximum absolute atomic E-state index is 12.2. The van der Waals surface area contributed by atoms with Crippen molar-refractivity contribution >= 4 is 17.6 Å². The minimum absolute atomic E-state index is 0.161. The minimum Gasteiger partial charge on any atom is -0.497 e. The first kappa shape index (κ1) is 20.9. The van der Waals surface area contributed by atoms with E-state index in [0.29, 0.717) is 17.8 Å². The molecule has 0 aliphatic carbocycles. The monoisotopic (exact) mass is 404 g/mol. The Bertz CT molecular complexity index is 991.